The average Bonchev–Trinajstić information content (AvgIpc) is 2.26. The van der Waals surface area contributed by atoms with Crippen molar-refractivity contribution in [2.24, 2.45) is 0 Å². The minimum absolute atomic E-state index is 1.12. The first-order chi connectivity index (χ1) is 7.18. The first-order valence-corrected chi connectivity index (χ1v) is 5.80. The summed E-state index contributed by atoms with van der Waals surface area (Å²) in [5.41, 5.74) is 4.94. The maximum atomic E-state index is 3.89. The number of halogens is 1. The number of aromatic nitrogens is 2. The fourth-order valence-electron chi connectivity index (χ4n) is 1.57. The Kier molecular flexibility index (Phi) is 3.00. The lowest BCUT2D eigenvalue weighted by atomic mass is 10.0. The predicted molar refractivity (Wildman–Crippen MR) is 69.7 cm³/mol. The molecule has 0 atom stereocenters. The highest BCUT2D eigenvalue weighted by Gasteiger charge is 2.03. The highest BCUT2D eigenvalue weighted by atomic mass is 127. The molecule has 2 aromatic rings. The van der Waals surface area contributed by atoms with E-state index in [1.54, 1.807) is 12.4 Å². The summed E-state index contributed by atoms with van der Waals surface area (Å²) in [5, 5.41) is 7.67. The van der Waals surface area contributed by atoms with Crippen LogP contribution in [0.2, 0.25) is 0 Å². The van der Waals surface area contributed by atoms with Gasteiger partial charge in [0.05, 0.1) is 12.4 Å². The molecule has 2 rings (SSSR count). The van der Waals surface area contributed by atoms with Crippen LogP contribution in [0.1, 0.15) is 11.1 Å². The fourth-order valence-corrected chi connectivity index (χ4v) is 1.89. The minimum atomic E-state index is 1.12. The van der Waals surface area contributed by atoms with Gasteiger partial charge < -0.3 is 0 Å². The second kappa shape index (κ2) is 4.26. The predicted octanol–water partition coefficient (Wildman–Crippen LogP) is 3.37. The molecule has 0 fully saturated rings. The molecule has 0 saturated carbocycles. The standard InChI is InChI=1S/C12H11IN2/c1-8-5-11(6-9(2)12(8)13)10-3-4-14-15-7-10/h3-7H,1-2H3. The van der Waals surface area contributed by atoms with E-state index in [0.29, 0.717) is 0 Å². The molecule has 3 heteroatoms. The van der Waals surface area contributed by atoms with Gasteiger partial charge in [-0.15, -0.1) is 0 Å². The van der Waals surface area contributed by atoms with Crippen molar-refractivity contribution in [2.75, 3.05) is 0 Å². The Hall–Kier alpha value is -0.970. The van der Waals surface area contributed by atoms with Crippen molar-refractivity contribution >= 4 is 22.6 Å². The number of hydrogen-bond acceptors (Lipinski definition) is 2. The SMILES string of the molecule is Cc1cc(-c2ccnnc2)cc(C)c1I. The summed E-state index contributed by atoms with van der Waals surface area (Å²) in [6.07, 6.45) is 3.51. The van der Waals surface area contributed by atoms with Gasteiger partial charge >= 0.3 is 0 Å². The normalized spacial score (nSPS) is 10.3. The summed E-state index contributed by atoms with van der Waals surface area (Å²) in [6.45, 7) is 4.26. The first-order valence-electron chi connectivity index (χ1n) is 4.72. The number of rotatable bonds is 1. The molecular formula is C12H11IN2. The highest BCUT2D eigenvalue weighted by Crippen LogP contribution is 2.25. The van der Waals surface area contributed by atoms with Crippen LogP contribution in [0.5, 0.6) is 0 Å². The molecule has 0 amide bonds. The Labute approximate surface area is 103 Å². The van der Waals surface area contributed by atoms with Crippen molar-refractivity contribution in [3.8, 4) is 11.1 Å². The van der Waals surface area contributed by atoms with Crippen LogP contribution in [-0.4, -0.2) is 10.2 Å². The van der Waals surface area contributed by atoms with Crippen LogP contribution in [0.3, 0.4) is 0 Å². The zero-order valence-electron chi connectivity index (χ0n) is 8.66. The Balaban J connectivity index is 2.56. The van der Waals surface area contributed by atoms with E-state index in [4.69, 9.17) is 0 Å². The van der Waals surface area contributed by atoms with E-state index < -0.39 is 0 Å². The van der Waals surface area contributed by atoms with E-state index in [-0.39, 0.29) is 0 Å². The third-order valence-electron chi connectivity index (χ3n) is 2.35. The molecule has 0 unspecified atom stereocenters. The highest BCUT2D eigenvalue weighted by molar-refractivity contribution is 14.1. The molecule has 15 heavy (non-hydrogen) atoms. The maximum Gasteiger partial charge on any atom is 0.0574 e. The Morgan fingerprint density at radius 1 is 1.00 bits per heavy atom. The van der Waals surface area contributed by atoms with Crippen LogP contribution in [0.4, 0.5) is 0 Å². The van der Waals surface area contributed by atoms with Gasteiger partial charge in [0.15, 0.2) is 0 Å². The molecule has 0 N–H and O–H groups in total. The molecule has 0 aliphatic rings. The van der Waals surface area contributed by atoms with Gasteiger partial charge in [0, 0.05) is 9.13 Å². The van der Waals surface area contributed by atoms with Gasteiger partial charge in [-0.05, 0) is 59.2 Å². The van der Waals surface area contributed by atoms with Crippen molar-refractivity contribution < 1.29 is 0 Å². The third kappa shape index (κ3) is 2.17. The number of aryl methyl sites for hydroxylation is 2. The summed E-state index contributed by atoms with van der Waals surface area (Å²) in [4.78, 5) is 0. The summed E-state index contributed by atoms with van der Waals surface area (Å²) >= 11 is 2.38. The van der Waals surface area contributed by atoms with Gasteiger partial charge in [0.25, 0.3) is 0 Å². The van der Waals surface area contributed by atoms with Gasteiger partial charge in [-0.2, -0.15) is 10.2 Å². The quantitative estimate of drug-likeness (QED) is 0.755. The lowest BCUT2D eigenvalue weighted by molar-refractivity contribution is 1.03. The monoisotopic (exact) mass is 310 g/mol. The van der Waals surface area contributed by atoms with E-state index in [9.17, 15) is 0 Å². The van der Waals surface area contributed by atoms with Crippen LogP contribution >= 0.6 is 22.6 Å². The van der Waals surface area contributed by atoms with Crippen LogP contribution in [-0.2, 0) is 0 Å². The van der Waals surface area contributed by atoms with Crippen molar-refractivity contribution in [1.82, 2.24) is 10.2 Å². The lowest BCUT2D eigenvalue weighted by Crippen LogP contribution is -1.89. The van der Waals surface area contributed by atoms with Gasteiger partial charge in [-0.25, -0.2) is 0 Å². The Morgan fingerprint density at radius 3 is 2.20 bits per heavy atom. The Morgan fingerprint density at radius 2 is 1.67 bits per heavy atom. The van der Waals surface area contributed by atoms with Crippen LogP contribution < -0.4 is 0 Å². The van der Waals surface area contributed by atoms with E-state index in [2.05, 4.69) is 58.8 Å². The van der Waals surface area contributed by atoms with Crippen LogP contribution in [0.25, 0.3) is 11.1 Å². The summed E-state index contributed by atoms with van der Waals surface area (Å²) in [5.74, 6) is 0. The van der Waals surface area contributed by atoms with Crippen molar-refractivity contribution in [3.05, 3.63) is 45.3 Å². The molecule has 2 nitrogen and oxygen atoms in total. The molecule has 1 heterocycles. The van der Waals surface area contributed by atoms with Gasteiger partial charge in [-0.1, -0.05) is 12.1 Å². The summed E-state index contributed by atoms with van der Waals surface area (Å²) < 4.78 is 1.33. The number of nitrogens with zero attached hydrogens (tertiary/aromatic N) is 2. The molecule has 1 aromatic heterocycles. The van der Waals surface area contributed by atoms with Crippen molar-refractivity contribution in [2.45, 2.75) is 13.8 Å². The van der Waals surface area contributed by atoms with E-state index in [1.165, 1.54) is 20.3 Å². The molecule has 0 radical (unpaired) electrons. The Bertz CT molecular complexity index is 457. The van der Waals surface area contributed by atoms with E-state index in [0.717, 1.165) is 5.56 Å². The van der Waals surface area contributed by atoms with E-state index >= 15 is 0 Å². The molecular weight excluding hydrogens is 299 g/mol. The third-order valence-corrected chi connectivity index (χ3v) is 4.06. The topological polar surface area (TPSA) is 25.8 Å². The largest absolute Gasteiger partial charge is 0.159 e. The molecule has 0 spiro atoms. The molecule has 0 aliphatic heterocycles. The molecule has 0 bridgehead atoms. The molecule has 0 saturated heterocycles. The molecule has 1 aromatic carbocycles. The maximum absolute atomic E-state index is 3.89. The van der Waals surface area contributed by atoms with Gasteiger partial charge in [0.2, 0.25) is 0 Å². The zero-order chi connectivity index (χ0) is 10.8. The molecule has 76 valence electrons. The summed E-state index contributed by atoms with van der Waals surface area (Å²) in [6, 6.07) is 6.35. The van der Waals surface area contributed by atoms with Crippen molar-refractivity contribution in [1.29, 1.82) is 0 Å². The average molecular weight is 310 g/mol. The zero-order valence-corrected chi connectivity index (χ0v) is 10.8. The van der Waals surface area contributed by atoms with E-state index in [1.807, 2.05) is 6.07 Å². The second-order valence-corrected chi connectivity index (χ2v) is 4.63. The second-order valence-electron chi connectivity index (χ2n) is 3.56. The van der Waals surface area contributed by atoms with Gasteiger partial charge in [-0.3, -0.25) is 0 Å². The van der Waals surface area contributed by atoms with Crippen molar-refractivity contribution in [3.63, 3.8) is 0 Å². The molecule has 0 aliphatic carbocycles. The lowest BCUT2D eigenvalue weighted by Gasteiger charge is -2.07. The smallest absolute Gasteiger partial charge is 0.0574 e. The minimum Gasteiger partial charge on any atom is -0.159 e. The van der Waals surface area contributed by atoms with Crippen LogP contribution in [0.15, 0.2) is 30.6 Å². The van der Waals surface area contributed by atoms with Crippen LogP contribution in [0, 0.1) is 17.4 Å². The first kappa shape index (κ1) is 10.5. The number of benzene rings is 1. The summed E-state index contributed by atoms with van der Waals surface area (Å²) in [7, 11) is 0. The fraction of sp³-hybridized carbons (Fsp3) is 0.167. The van der Waals surface area contributed by atoms with Gasteiger partial charge in [0.1, 0.15) is 0 Å². The number of hydrogen-bond donors (Lipinski definition) is 0.